The van der Waals surface area contributed by atoms with Gasteiger partial charge >= 0.3 is 35.3 Å². The van der Waals surface area contributed by atoms with Gasteiger partial charge in [-0.15, -0.1) is 0 Å². The van der Waals surface area contributed by atoms with Crippen LogP contribution in [0.5, 0.6) is 0 Å². The molecular weight excluding hydrogens is 447 g/mol. The first kappa shape index (κ1) is 26.7. The fraction of sp³-hybridized carbons (Fsp3) is 0.933. The minimum atomic E-state index is -7.37. The molecule has 30 heavy (non-hydrogen) atoms. The first-order chi connectivity index (χ1) is 13.1. The zero-order chi connectivity index (χ0) is 24.1. The summed E-state index contributed by atoms with van der Waals surface area (Å²) in [6, 6.07) is -1.68. The number of alkyl halides is 11. The summed E-state index contributed by atoms with van der Waals surface area (Å²) in [5, 5.41) is 0. The van der Waals surface area contributed by atoms with E-state index >= 15 is 0 Å². The lowest BCUT2D eigenvalue weighted by Gasteiger charge is -2.52. The number of hydrogen-bond acceptors (Lipinski definition) is 3. The van der Waals surface area contributed by atoms with E-state index < -0.39 is 66.4 Å². The van der Waals surface area contributed by atoms with Crippen LogP contribution in [0.4, 0.5) is 48.3 Å². The van der Waals surface area contributed by atoms with Crippen LogP contribution in [0.25, 0.3) is 0 Å². The van der Waals surface area contributed by atoms with E-state index in [-0.39, 0.29) is 17.7 Å². The molecule has 4 nitrogen and oxygen atoms in total. The Hall–Kier alpha value is -1.38. The van der Waals surface area contributed by atoms with Crippen molar-refractivity contribution in [2.45, 2.75) is 74.1 Å². The van der Waals surface area contributed by atoms with Crippen LogP contribution in [0.3, 0.4) is 0 Å². The Bertz CT molecular complexity index is 610. The highest BCUT2D eigenvalue weighted by Crippen LogP contribution is 2.69. The van der Waals surface area contributed by atoms with Gasteiger partial charge in [0.2, 0.25) is 0 Å². The number of carbonyl (C=O) groups is 1. The number of halogens is 11. The zero-order valence-corrected chi connectivity index (χ0v) is 15.7. The van der Waals surface area contributed by atoms with Gasteiger partial charge in [-0.2, -0.15) is 43.9 Å². The molecule has 0 heterocycles. The van der Waals surface area contributed by atoms with Gasteiger partial charge < -0.3 is 16.4 Å². The van der Waals surface area contributed by atoms with Crippen LogP contribution < -0.4 is 11.5 Å². The maximum Gasteiger partial charge on any atom is 0.384 e. The monoisotopic (exact) mass is 467 g/mol. The molecule has 2 unspecified atom stereocenters. The summed E-state index contributed by atoms with van der Waals surface area (Å²) in [5.74, 6) is -39.6. The number of amides is 1. The number of nitrogens with zero attached hydrogens (tertiary/aromatic N) is 1. The lowest BCUT2D eigenvalue weighted by Crippen LogP contribution is -2.86. The second-order valence-electron chi connectivity index (χ2n) is 7.35. The summed E-state index contributed by atoms with van der Waals surface area (Å²) < 4.78 is 152. The highest BCUT2D eigenvalue weighted by atomic mass is 19.4. The molecule has 0 aliphatic heterocycles. The third-order valence-corrected chi connectivity index (χ3v) is 4.73. The minimum Gasteiger partial charge on any atom is -0.339 e. The summed E-state index contributed by atoms with van der Waals surface area (Å²) in [4.78, 5) is 12.1. The van der Waals surface area contributed by atoms with Crippen molar-refractivity contribution in [2.24, 2.45) is 11.5 Å². The molecule has 0 aromatic rings. The van der Waals surface area contributed by atoms with Gasteiger partial charge in [-0.1, -0.05) is 0 Å². The molecule has 1 aliphatic carbocycles. The van der Waals surface area contributed by atoms with E-state index in [1.807, 2.05) is 0 Å². The minimum absolute atomic E-state index is 0.176. The number of nitrogens with two attached hydrogens (primary N) is 2. The summed E-state index contributed by atoms with van der Waals surface area (Å²) >= 11 is 0. The van der Waals surface area contributed by atoms with Crippen molar-refractivity contribution in [2.75, 3.05) is 13.1 Å². The van der Waals surface area contributed by atoms with Crippen molar-refractivity contribution in [3.05, 3.63) is 0 Å². The molecule has 1 saturated carbocycles. The molecule has 1 fully saturated rings. The molecule has 1 amide bonds. The summed E-state index contributed by atoms with van der Waals surface area (Å²) in [6.07, 6.45) is -0.748. The van der Waals surface area contributed by atoms with Crippen molar-refractivity contribution >= 4 is 5.91 Å². The van der Waals surface area contributed by atoms with Crippen LogP contribution in [0.15, 0.2) is 0 Å². The van der Waals surface area contributed by atoms with E-state index in [1.54, 1.807) is 0 Å². The van der Waals surface area contributed by atoms with E-state index in [1.165, 1.54) is 13.8 Å². The summed E-state index contributed by atoms with van der Waals surface area (Å²) in [5.41, 5.74) is 4.00. The maximum atomic E-state index is 14.9. The fourth-order valence-electron chi connectivity index (χ4n) is 2.74. The van der Waals surface area contributed by atoms with Gasteiger partial charge in [0.25, 0.3) is 5.91 Å². The van der Waals surface area contributed by atoms with Gasteiger partial charge in [-0.25, -0.2) is 4.39 Å². The second-order valence-corrected chi connectivity index (χ2v) is 7.35. The fourth-order valence-corrected chi connectivity index (χ4v) is 2.74. The molecule has 15 heteroatoms. The van der Waals surface area contributed by atoms with Gasteiger partial charge in [-0.3, -0.25) is 4.79 Å². The van der Waals surface area contributed by atoms with Gasteiger partial charge in [0, 0.05) is 25.2 Å². The van der Waals surface area contributed by atoms with Crippen molar-refractivity contribution in [3.63, 3.8) is 0 Å². The largest absolute Gasteiger partial charge is 0.384 e. The average molecular weight is 467 g/mol. The molecule has 0 saturated heterocycles. The van der Waals surface area contributed by atoms with Crippen molar-refractivity contribution in [1.82, 2.24) is 4.90 Å². The third-order valence-electron chi connectivity index (χ3n) is 4.73. The third kappa shape index (κ3) is 3.31. The molecule has 2 atom stereocenters. The first-order valence-electron chi connectivity index (χ1n) is 8.53. The summed E-state index contributed by atoms with van der Waals surface area (Å²) in [6.45, 7) is 0.779. The lowest BCUT2D eigenvalue weighted by atomic mass is 9.71. The molecular formula is C15H20F11N3O. The number of carbonyl (C=O) groups excluding carboxylic acids is 1. The van der Waals surface area contributed by atoms with E-state index in [9.17, 15) is 53.1 Å². The highest BCUT2D eigenvalue weighted by Gasteiger charge is 3.03. The molecule has 1 rings (SSSR count). The lowest BCUT2D eigenvalue weighted by molar-refractivity contribution is -0.477. The second kappa shape index (κ2) is 7.64. The molecule has 0 spiro atoms. The van der Waals surface area contributed by atoms with E-state index in [2.05, 4.69) is 0 Å². The summed E-state index contributed by atoms with van der Waals surface area (Å²) in [7, 11) is 0. The number of hydrogen-bond donors (Lipinski definition) is 2. The normalized spacial score (nSPS) is 27.2. The quantitative estimate of drug-likeness (QED) is 0.565. The highest BCUT2D eigenvalue weighted by molar-refractivity contribution is 5.89. The van der Waals surface area contributed by atoms with E-state index in [0.29, 0.717) is 0 Å². The van der Waals surface area contributed by atoms with Crippen molar-refractivity contribution in [3.8, 4) is 0 Å². The zero-order valence-electron chi connectivity index (χ0n) is 15.7. The molecule has 0 aromatic heterocycles. The standard InChI is InChI=1S/C15H20F11N3O/c1-7(27)3-5-29(6-4-8(2)28)9(30)10(16)11(17,18)13(21,22)15(25,26)14(23,24)12(10,19)20/h7-8H,3-6,27-28H2,1-2H3. The number of rotatable bonds is 7. The Morgan fingerprint density at radius 2 is 0.933 bits per heavy atom. The maximum absolute atomic E-state index is 14.9. The Morgan fingerprint density at radius 1 is 0.667 bits per heavy atom. The van der Waals surface area contributed by atoms with Crippen LogP contribution in [0, 0.1) is 0 Å². The van der Waals surface area contributed by atoms with Gasteiger partial charge in [0.1, 0.15) is 0 Å². The van der Waals surface area contributed by atoms with Crippen LogP contribution in [-0.4, -0.2) is 71.3 Å². The van der Waals surface area contributed by atoms with Gasteiger partial charge in [0.05, 0.1) is 0 Å². The van der Waals surface area contributed by atoms with Crippen LogP contribution in [-0.2, 0) is 4.79 Å². The van der Waals surface area contributed by atoms with Crippen molar-refractivity contribution in [1.29, 1.82) is 0 Å². The predicted octanol–water partition coefficient (Wildman–Crippen LogP) is 3.19. The molecule has 4 N–H and O–H groups in total. The SMILES string of the molecule is CC(N)CCN(CCC(C)N)C(=O)C1(F)C(F)(F)C(F)(F)C(F)(F)C(F)(F)C1(F)F. The molecule has 1 aliphatic rings. The Labute approximate surface area is 163 Å². The van der Waals surface area contributed by atoms with Crippen LogP contribution >= 0.6 is 0 Å². The van der Waals surface area contributed by atoms with E-state index in [0.717, 1.165) is 0 Å². The van der Waals surface area contributed by atoms with Crippen LogP contribution in [0.1, 0.15) is 26.7 Å². The smallest absolute Gasteiger partial charge is 0.339 e. The van der Waals surface area contributed by atoms with Gasteiger partial charge in [0.15, 0.2) is 0 Å². The average Bonchev–Trinajstić information content (AvgIpc) is 2.58. The van der Waals surface area contributed by atoms with Gasteiger partial charge in [-0.05, 0) is 26.7 Å². The Balaban J connectivity index is 3.66. The topological polar surface area (TPSA) is 72.3 Å². The molecule has 0 aromatic carbocycles. The van der Waals surface area contributed by atoms with Crippen LogP contribution in [0.2, 0.25) is 0 Å². The predicted molar refractivity (Wildman–Crippen MR) is 81.7 cm³/mol. The van der Waals surface area contributed by atoms with E-state index in [4.69, 9.17) is 11.5 Å². The molecule has 178 valence electrons. The first-order valence-corrected chi connectivity index (χ1v) is 8.53. The molecule has 0 radical (unpaired) electrons. The molecule has 0 bridgehead atoms. The van der Waals surface area contributed by atoms with Crippen molar-refractivity contribution < 1.29 is 53.1 Å². The Morgan fingerprint density at radius 3 is 1.20 bits per heavy atom. The Kier molecular flexibility index (Phi) is 6.79.